The summed E-state index contributed by atoms with van der Waals surface area (Å²) >= 11 is 1.88. The van der Waals surface area contributed by atoms with Gasteiger partial charge in [-0.3, -0.25) is 0 Å². The number of hydrogen-bond donors (Lipinski definition) is 1. The van der Waals surface area contributed by atoms with Gasteiger partial charge in [-0.2, -0.15) is 0 Å². The van der Waals surface area contributed by atoms with Gasteiger partial charge < -0.3 is 5.32 Å². The fourth-order valence-corrected chi connectivity index (χ4v) is 3.91. The largest absolute Gasteiger partial charge is 0.311 e. The second-order valence-corrected chi connectivity index (χ2v) is 6.44. The quantitative estimate of drug-likeness (QED) is 0.825. The van der Waals surface area contributed by atoms with E-state index in [9.17, 15) is 0 Å². The molecule has 1 fully saturated rings. The highest BCUT2D eigenvalue weighted by Gasteiger charge is 2.24. The molecule has 0 spiro atoms. The van der Waals surface area contributed by atoms with Crippen molar-refractivity contribution in [3.8, 4) is 0 Å². The van der Waals surface area contributed by atoms with Crippen molar-refractivity contribution in [1.82, 2.24) is 5.32 Å². The zero-order valence-electron chi connectivity index (χ0n) is 11.1. The molecule has 1 aromatic heterocycles. The van der Waals surface area contributed by atoms with Crippen LogP contribution in [0.2, 0.25) is 0 Å². The molecule has 0 amide bonds. The molecule has 1 saturated carbocycles. The van der Waals surface area contributed by atoms with Gasteiger partial charge in [0.1, 0.15) is 0 Å². The predicted molar refractivity (Wildman–Crippen MR) is 76.7 cm³/mol. The van der Waals surface area contributed by atoms with Crippen LogP contribution in [0.5, 0.6) is 0 Å². The van der Waals surface area contributed by atoms with Crippen LogP contribution in [0.15, 0.2) is 17.5 Å². The summed E-state index contributed by atoms with van der Waals surface area (Å²) in [6.45, 7) is 4.68. The Bertz CT molecular complexity index is 307. The Balaban J connectivity index is 1.82. The summed E-state index contributed by atoms with van der Waals surface area (Å²) in [4.78, 5) is 1.51. The molecule has 17 heavy (non-hydrogen) atoms. The Morgan fingerprint density at radius 3 is 2.94 bits per heavy atom. The van der Waals surface area contributed by atoms with E-state index in [4.69, 9.17) is 0 Å². The molecule has 0 aliphatic heterocycles. The van der Waals surface area contributed by atoms with E-state index in [1.807, 2.05) is 11.3 Å². The lowest BCUT2D eigenvalue weighted by molar-refractivity contribution is 0.240. The highest BCUT2D eigenvalue weighted by molar-refractivity contribution is 7.09. The maximum absolute atomic E-state index is 3.86. The fourth-order valence-electron chi connectivity index (χ4n) is 3.07. The first kappa shape index (κ1) is 13.1. The van der Waals surface area contributed by atoms with Gasteiger partial charge >= 0.3 is 0 Å². The predicted octanol–water partition coefficient (Wildman–Crippen LogP) is 4.24. The Morgan fingerprint density at radius 1 is 1.41 bits per heavy atom. The van der Waals surface area contributed by atoms with Gasteiger partial charge in [-0.15, -0.1) is 11.3 Å². The van der Waals surface area contributed by atoms with Gasteiger partial charge in [0, 0.05) is 17.0 Å². The van der Waals surface area contributed by atoms with E-state index >= 15 is 0 Å². The lowest BCUT2D eigenvalue weighted by atomic mass is 9.82. The van der Waals surface area contributed by atoms with Gasteiger partial charge in [0.05, 0.1) is 0 Å². The van der Waals surface area contributed by atoms with Crippen molar-refractivity contribution in [3.63, 3.8) is 0 Å². The third-order valence-corrected chi connectivity index (χ3v) is 4.92. The Morgan fingerprint density at radius 2 is 2.24 bits per heavy atom. The SMILES string of the molecule is CCC1CCCCC1NC(C)Cc1cccs1. The van der Waals surface area contributed by atoms with E-state index in [0.717, 1.165) is 12.0 Å². The molecule has 1 N–H and O–H groups in total. The van der Waals surface area contributed by atoms with Gasteiger partial charge in [-0.05, 0) is 43.6 Å². The molecule has 1 aliphatic rings. The highest BCUT2D eigenvalue weighted by Crippen LogP contribution is 2.27. The van der Waals surface area contributed by atoms with E-state index in [1.165, 1.54) is 43.4 Å². The van der Waals surface area contributed by atoms with Gasteiger partial charge in [0.2, 0.25) is 0 Å². The van der Waals surface area contributed by atoms with E-state index in [0.29, 0.717) is 6.04 Å². The molecular weight excluding hydrogens is 226 g/mol. The van der Waals surface area contributed by atoms with E-state index in [1.54, 1.807) is 0 Å². The molecule has 0 bridgehead atoms. The topological polar surface area (TPSA) is 12.0 Å². The summed E-state index contributed by atoms with van der Waals surface area (Å²) in [5, 5.41) is 6.04. The lowest BCUT2D eigenvalue weighted by Crippen LogP contribution is -2.43. The van der Waals surface area contributed by atoms with Crippen molar-refractivity contribution < 1.29 is 0 Å². The standard InChI is InChI=1S/C15H25NS/c1-3-13-7-4-5-9-15(13)16-12(2)11-14-8-6-10-17-14/h6,8,10,12-13,15-16H,3-5,7,9,11H2,1-2H3. The molecule has 96 valence electrons. The minimum absolute atomic E-state index is 0.616. The number of hydrogen-bond acceptors (Lipinski definition) is 2. The lowest BCUT2D eigenvalue weighted by Gasteiger charge is -2.34. The third kappa shape index (κ3) is 3.82. The molecule has 1 nitrogen and oxygen atoms in total. The number of thiophene rings is 1. The monoisotopic (exact) mass is 251 g/mol. The van der Waals surface area contributed by atoms with Crippen LogP contribution in [-0.4, -0.2) is 12.1 Å². The molecule has 1 aromatic rings. The summed E-state index contributed by atoms with van der Waals surface area (Å²) in [5.41, 5.74) is 0. The van der Waals surface area contributed by atoms with Crippen LogP contribution in [0.4, 0.5) is 0 Å². The zero-order chi connectivity index (χ0) is 12.1. The van der Waals surface area contributed by atoms with E-state index in [-0.39, 0.29) is 0 Å². The second-order valence-electron chi connectivity index (χ2n) is 5.41. The average Bonchev–Trinajstić information content (AvgIpc) is 2.82. The van der Waals surface area contributed by atoms with Crippen molar-refractivity contribution in [2.24, 2.45) is 5.92 Å². The molecule has 0 aromatic carbocycles. The first-order chi connectivity index (χ1) is 8.29. The highest BCUT2D eigenvalue weighted by atomic mass is 32.1. The minimum atomic E-state index is 0.616. The van der Waals surface area contributed by atoms with Gasteiger partial charge in [-0.1, -0.05) is 32.3 Å². The van der Waals surface area contributed by atoms with Crippen molar-refractivity contribution in [3.05, 3.63) is 22.4 Å². The summed E-state index contributed by atoms with van der Waals surface area (Å²) in [6, 6.07) is 5.79. The Kier molecular flexibility index (Phi) is 5.05. The first-order valence-corrected chi connectivity index (χ1v) is 7.96. The molecule has 0 saturated heterocycles. The van der Waals surface area contributed by atoms with Crippen LogP contribution in [-0.2, 0) is 6.42 Å². The molecule has 2 heteroatoms. The van der Waals surface area contributed by atoms with Crippen molar-refractivity contribution in [1.29, 1.82) is 0 Å². The average molecular weight is 251 g/mol. The summed E-state index contributed by atoms with van der Waals surface area (Å²) in [7, 11) is 0. The van der Waals surface area contributed by atoms with Gasteiger partial charge in [-0.25, -0.2) is 0 Å². The van der Waals surface area contributed by atoms with Crippen LogP contribution in [0.3, 0.4) is 0 Å². The second kappa shape index (κ2) is 6.55. The van der Waals surface area contributed by atoms with Crippen molar-refractivity contribution in [2.75, 3.05) is 0 Å². The Hall–Kier alpha value is -0.340. The smallest absolute Gasteiger partial charge is 0.00978 e. The van der Waals surface area contributed by atoms with Crippen LogP contribution >= 0.6 is 11.3 Å². The molecular formula is C15H25NS. The number of rotatable bonds is 5. The van der Waals surface area contributed by atoms with Crippen LogP contribution in [0, 0.1) is 5.92 Å². The van der Waals surface area contributed by atoms with Crippen molar-refractivity contribution >= 4 is 11.3 Å². The van der Waals surface area contributed by atoms with Gasteiger partial charge in [0.25, 0.3) is 0 Å². The molecule has 1 heterocycles. The molecule has 3 unspecified atom stereocenters. The maximum atomic E-state index is 3.86. The molecule has 0 radical (unpaired) electrons. The van der Waals surface area contributed by atoms with Crippen LogP contribution in [0.1, 0.15) is 50.8 Å². The van der Waals surface area contributed by atoms with Gasteiger partial charge in [0.15, 0.2) is 0 Å². The summed E-state index contributed by atoms with van der Waals surface area (Å²) in [5.74, 6) is 0.912. The summed E-state index contributed by atoms with van der Waals surface area (Å²) < 4.78 is 0. The molecule has 2 rings (SSSR count). The zero-order valence-corrected chi connectivity index (χ0v) is 11.9. The maximum Gasteiger partial charge on any atom is 0.00978 e. The minimum Gasteiger partial charge on any atom is -0.311 e. The normalized spacial score (nSPS) is 26.9. The molecule has 1 aliphatic carbocycles. The van der Waals surface area contributed by atoms with Crippen molar-refractivity contribution in [2.45, 2.75) is 64.5 Å². The first-order valence-electron chi connectivity index (χ1n) is 7.08. The van der Waals surface area contributed by atoms with Crippen LogP contribution < -0.4 is 5.32 Å². The van der Waals surface area contributed by atoms with E-state index in [2.05, 4.69) is 36.7 Å². The van der Waals surface area contributed by atoms with Crippen LogP contribution in [0.25, 0.3) is 0 Å². The summed E-state index contributed by atoms with van der Waals surface area (Å²) in [6.07, 6.45) is 8.19. The third-order valence-electron chi connectivity index (χ3n) is 4.02. The Labute approximate surface area is 110 Å². The fraction of sp³-hybridized carbons (Fsp3) is 0.733. The van der Waals surface area contributed by atoms with E-state index < -0.39 is 0 Å². The number of nitrogens with one attached hydrogen (secondary N) is 1. The molecule has 3 atom stereocenters.